The van der Waals surface area contributed by atoms with Crippen LogP contribution in [0, 0.1) is 26.7 Å². The van der Waals surface area contributed by atoms with Crippen molar-refractivity contribution in [3.63, 3.8) is 0 Å². The molecular weight excluding hydrogens is 396 g/mol. The fraction of sp³-hybridized carbons (Fsp3) is 0.458. The maximum absolute atomic E-state index is 13.3. The largest absolute Gasteiger partial charge is 0.309 e. The van der Waals surface area contributed by atoms with Gasteiger partial charge in [-0.15, -0.1) is 0 Å². The average Bonchev–Trinajstić information content (AvgIpc) is 3.02. The van der Waals surface area contributed by atoms with Crippen molar-refractivity contribution < 1.29 is 13.2 Å². The quantitative estimate of drug-likeness (QED) is 0.746. The number of anilines is 1. The van der Waals surface area contributed by atoms with Gasteiger partial charge in [0, 0.05) is 30.7 Å². The Morgan fingerprint density at radius 1 is 1.00 bits per heavy atom. The number of carbonyl (C=O) groups excluding carboxylic acids is 1. The molecule has 0 aromatic heterocycles. The van der Waals surface area contributed by atoms with Crippen LogP contribution in [0.3, 0.4) is 0 Å². The predicted molar refractivity (Wildman–Crippen MR) is 119 cm³/mol. The third kappa shape index (κ3) is 3.56. The van der Waals surface area contributed by atoms with Gasteiger partial charge in [-0.25, -0.2) is 8.42 Å². The molecule has 1 saturated heterocycles. The van der Waals surface area contributed by atoms with Gasteiger partial charge < -0.3 is 4.90 Å². The van der Waals surface area contributed by atoms with Crippen molar-refractivity contribution in [2.75, 3.05) is 18.0 Å². The van der Waals surface area contributed by atoms with E-state index in [1.807, 2.05) is 56.0 Å². The molecular formula is C24H30N2O3S. The van der Waals surface area contributed by atoms with Crippen LogP contribution in [-0.4, -0.2) is 37.8 Å². The third-order valence-corrected chi connectivity index (χ3v) is 8.66. The van der Waals surface area contributed by atoms with E-state index in [4.69, 9.17) is 0 Å². The minimum Gasteiger partial charge on any atom is -0.309 e. The van der Waals surface area contributed by atoms with Crippen molar-refractivity contribution in [2.45, 2.75) is 57.9 Å². The van der Waals surface area contributed by atoms with E-state index in [9.17, 15) is 13.2 Å². The van der Waals surface area contributed by atoms with Crippen molar-refractivity contribution in [1.29, 1.82) is 0 Å². The van der Waals surface area contributed by atoms with Crippen molar-refractivity contribution in [1.82, 2.24) is 4.31 Å². The fourth-order valence-corrected chi connectivity index (χ4v) is 7.03. The molecule has 1 amide bonds. The second-order valence-electron chi connectivity index (χ2n) is 8.80. The number of aryl methyl sites for hydroxylation is 3. The molecule has 0 saturated carbocycles. The van der Waals surface area contributed by atoms with Crippen LogP contribution in [0.1, 0.15) is 42.0 Å². The molecule has 2 aliphatic rings. The summed E-state index contributed by atoms with van der Waals surface area (Å²) in [5.74, 6) is -0.00235. The van der Waals surface area contributed by atoms with Crippen LogP contribution in [0.25, 0.3) is 0 Å². The van der Waals surface area contributed by atoms with Crippen molar-refractivity contribution >= 4 is 21.6 Å². The van der Waals surface area contributed by atoms with E-state index in [-0.39, 0.29) is 17.9 Å². The topological polar surface area (TPSA) is 57.7 Å². The summed E-state index contributed by atoms with van der Waals surface area (Å²) in [5, 5.41) is 0. The Kier molecular flexibility index (Phi) is 5.49. The Hall–Kier alpha value is -2.18. The zero-order valence-corrected chi connectivity index (χ0v) is 19.0. The van der Waals surface area contributed by atoms with Gasteiger partial charge >= 0.3 is 0 Å². The molecule has 160 valence electrons. The van der Waals surface area contributed by atoms with E-state index in [2.05, 4.69) is 13.0 Å². The summed E-state index contributed by atoms with van der Waals surface area (Å²) in [6.45, 7) is 8.54. The maximum atomic E-state index is 13.3. The second-order valence-corrected chi connectivity index (χ2v) is 10.7. The molecule has 5 nitrogen and oxygen atoms in total. The standard InChI is InChI=1S/C24H30N2O3S/c1-16-13-17(2)23(18(3)14-16)30(28,29)25-11-9-20(10-12-25)24(27)26-19(4)15-21-7-5-6-8-22(21)26/h5-8,13-14,19-20H,9-12,15H2,1-4H3/t19-/m1/s1. The summed E-state index contributed by atoms with van der Waals surface area (Å²) in [5.41, 5.74) is 4.86. The zero-order valence-electron chi connectivity index (χ0n) is 18.2. The molecule has 2 heterocycles. The lowest BCUT2D eigenvalue weighted by Crippen LogP contribution is -2.46. The lowest BCUT2D eigenvalue weighted by molar-refractivity contribution is -0.123. The number of carbonyl (C=O) groups is 1. The SMILES string of the molecule is Cc1cc(C)c(S(=O)(=O)N2CCC(C(=O)N3c4ccccc4C[C@H]3C)CC2)c(C)c1. The van der Waals surface area contributed by atoms with Crippen LogP contribution in [-0.2, 0) is 21.2 Å². The molecule has 2 aliphatic heterocycles. The van der Waals surface area contributed by atoms with E-state index in [0.29, 0.717) is 30.8 Å². The third-order valence-electron chi connectivity index (χ3n) is 6.45. The van der Waals surface area contributed by atoms with Gasteiger partial charge in [-0.3, -0.25) is 4.79 Å². The highest BCUT2D eigenvalue weighted by Gasteiger charge is 2.38. The summed E-state index contributed by atoms with van der Waals surface area (Å²) < 4.78 is 28.2. The highest BCUT2D eigenvalue weighted by atomic mass is 32.2. The second kappa shape index (κ2) is 7.82. The number of amides is 1. The molecule has 0 aliphatic carbocycles. The highest BCUT2D eigenvalue weighted by Crippen LogP contribution is 2.35. The predicted octanol–water partition coefficient (Wildman–Crippen LogP) is 3.99. The van der Waals surface area contributed by atoms with E-state index in [0.717, 1.165) is 28.8 Å². The highest BCUT2D eigenvalue weighted by molar-refractivity contribution is 7.89. The molecule has 30 heavy (non-hydrogen) atoms. The van der Waals surface area contributed by atoms with Crippen LogP contribution < -0.4 is 4.90 Å². The Labute approximate surface area is 179 Å². The fourth-order valence-electron chi connectivity index (χ4n) is 5.14. The van der Waals surface area contributed by atoms with Gasteiger partial charge in [-0.05, 0) is 69.7 Å². The van der Waals surface area contributed by atoms with Crippen molar-refractivity contribution in [3.8, 4) is 0 Å². The number of fused-ring (bicyclic) bond motifs is 1. The summed E-state index contributed by atoms with van der Waals surface area (Å²) in [6, 6.07) is 12.1. The van der Waals surface area contributed by atoms with Gasteiger partial charge in [-0.1, -0.05) is 35.9 Å². The number of hydrogen-bond donors (Lipinski definition) is 0. The number of piperidine rings is 1. The molecule has 0 N–H and O–H groups in total. The molecule has 4 rings (SSSR count). The molecule has 0 bridgehead atoms. The normalized spacial score (nSPS) is 20.4. The monoisotopic (exact) mass is 426 g/mol. The first-order valence-corrected chi connectivity index (χ1v) is 12.1. The molecule has 1 fully saturated rings. The number of hydrogen-bond acceptors (Lipinski definition) is 3. The zero-order chi connectivity index (χ0) is 21.6. The number of para-hydroxylation sites is 1. The summed E-state index contributed by atoms with van der Waals surface area (Å²) >= 11 is 0. The van der Waals surface area contributed by atoms with Crippen molar-refractivity contribution in [3.05, 3.63) is 58.7 Å². The molecule has 0 spiro atoms. The Morgan fingerprint density at radius 2 is 1.60 bits per heavy atom. The van der Waals surface area contributed by atoms with E-state index in [1.165, 1.54) is 5.56 Å². The van der Waals surface area contributed by atoms with Crippen LogP contribution in [0.5, 0.6) is 0 Å². The van der Waals surface area contributed by atoms with Gasteiger partial charge in [-0.2, -0.15) is 4.31 Å². The van der Waals surface area contributed by atoms with Gasteiger partial charge in [0.25, 0.3) is 0 Å². The smallest absolute Gasteiger partial charge is 0.243 e. The summed E-state index contributed by atoms with van der Waals surface area (Å²) in [6.07, 6.45) is 2.00. The van der Waals surface area contributed by atoms with Gasteiger partial charge in [0.2, 0.25) is 15.9 Å². The first-order chi connectivity index (χ1) is 14.2. The molecule has 1 atom stereocenters. The minimum absolute atomic E-state index is 0.132. The first-order valence-electron chi connectivity index (χ1n) is 10.7. The first kappa shape index (κ1) is 21.1. The average molecular weight is 427 g/mol. The van der Waals surface area contributed by atoms with Gasteiger partial charge in [0.15, 0.2) is 0 Å². The van der Waals surface area contributed by atoms with Crippen molar-refractivity contribution in [2.24, 2.45) is 5.92 Å². The summed E-state index contributed by atoms with van der Waals surface area (Å²) in [7, 11) is -3.56. The van der Waals surface area contributed by atoms with E-state index >= 15 is 0 Å². The van der Waals surface area contributed by atoms with E-state index < -0.39 is 10.0 Å². The molecule has 2 aromatic carbocycles. The van der Waals surface area contributed by atoms with E-state index in [1.54, 1.807) is 4.31 Å². The number of sulfonamides is 1. The minimum atomic E-state index is -3.56. The van der Waals surface area contributed by atoms with Gasteiger partial charge in [0.1, 0.15) is 0 Å². The Balaban J connectivity index is 1.50. The Morgan fingerprint density at radius 3 is 2.23 bits per heavy atom. The number of benzene rings is 2. The van der Waals surface area contributed by atoms with Crippen LogP contribution in [0.15, 0.2) is 41.3 Å². The summed E-state index contributed by atoms with van der Waals surface area (Å²) in [4.78, 5) is 15.6. The van der Waals surface area contributed by atoms with Crippen LogP contribution in [0.4, 0.5) is 5.69 Å². The molecule has 0 unspecified atom stereocenters. The number of nitrogens with zero attached hydrogens (tertiary/aromatic N) is 2. The molecule has 0 radical (unpaired) electrons. The van der Waals surface area contributed by atoms with Crippen LogP contribution >= 0.6 is 0 Å². The maximum Gasteiger partial charge on any atom is 0.243 e. The lowest BCUT2D eigenvalue weighted by atomic mass is 9.96. The lowest BCUT2D eigenvalue weighted by Gasteiger charge is -2.34. The Bertz CT molecular complexity index is 1060. The van der Waals surface area contributed by atoms with Gasteiger partial charge in [0.05, 0.1) is 4.90 Å². The van der Waals surface area contributed by atoms with Crippen LogP contribution in [0.2, 0.25) is 0 Å². The molecule has 2 aromatic rings. The number of rotatable bonds is 3. The molecule has 6 heteroatoms.